The van der Waals surface area contributed by atoms with E-state index >= 15 is 0 Å². The number of nitrogens with zero attached hydrogens (tertiary/aromatic N) is 2. The first-order chi connectivity index (χ1) is 14.6. The Labute approximate surface area is 182 Å². The van der Waals surface area contributed by atoms with Crippen LogP contribution in [0.4, 0.5) is 0 Å². The maximum absolute atomic E-state index is 13.4. The van der Waals surface area contributed by atoms with E-state index in [2.05, 4.69) is 0 Å². The van der Waals surface area contributed by atoms with Crippen LogP contribution in [-0.4, -0.2) is 36.0 Å². The van der Waals surface area contributed by atoms with E-state index in [-0.39, 0.29) is 28.8 Å². The van der Waals surface area contributed by atoms with E-state index in [1.807, 2.05) is 45.0 Å². The number of rotatable bonds is 2. The lowest BCUT2D eigenvalue weighted by Gasteiger charge is -2.41. The van der Waals surface area contributed by atoms with E-state index in [9.17, 15) is 13.2 Å². The molecule has 31 heavy (non-hydrogen) atoms. The largest absolute Gasteiger partial charge is 0.486 e. The molecule has 3 aromatic rings. The van der Waals surface area contributed by atoms with Gasteiger partial charge in [0, 0.05) is 37.4 Å². The van der Waals surface area contributed by atoms with Gasteiger partial charge in [-0.2, -0.15) is 4.31 Å². The molecule has 1 fully saturated rings. The molecule has 2 aliphatic heterocycles. The van der Waals surface area contributed by atoms with Crippen LogP contribution in [0.2, 0.25) is 0 Å². The van der Waals surface area contributed by atoms with Crippen LogP contribution >= 0.6 is 0 Å². The van der Waals surface area contributed by atoms with Crippen LogP contribution in [0, 0.1) is 12.8 Å². The van der Waals surface area contributed by atoms with E-state index in [1.165, 1.54) is 4.31 Å². The summed E-state index contributed by atoms with van der Waals surface area (Å²) in [6.45, 7) is 6.50. The standard InChI is InChI=1S/C24H26N2O4S/c1-15-9-11-16(12-10-15)31(28,29)26-13-18-19(14-26)24(2,3)30-22-17-7-5-6-8-20(17)25(4)23(27)21(18)22/h5-12,18-19H,13-14H2,1-4H3/t18-,19+/m1/s1. The van der Waals surface area contributed by atoms with Gasteiger partial charge in [-0.25, -0.2) is 8.42 Å². The molecule has 0 radical (unpaired) electrons. The Morgan fingerprint density at radius 2 is 1.71 bits per heavy atom. The SMILES string of the molecule is Cc1ccc(S(=O)(=O)N2C[C@H]3c4c(c5ccccc5n(C)c4=O)OC(C)(C)[C@H]3C2)cc1. The molecule has 6 nitrogen and oxygen atoms in total. The molecule has 0 bridgehead atoms. The minimum absolute atomic E-state index is 0.117. The van der Waals surface area contributed by atoms with Gasteiger partial charge in [0.1, 0.15) is 11.4 Å². The van der Waals surface area contributed by atoms with Gasteiger partial charge < -0.3 is 9.30 Å². The van der Waals surface area contributed by atoms with Gasteiger partial charge in [-0.05, 0) is 45.0 Å². The van der Waals surface area contributed by atoms with Crippen LogP contribution in [0.3, 0.4) is 0 Å². The molecule has 0 spiro atoms. The molecular weight excluding hydrogens is 412 g/mol. The van der Waals surface area contributed by atoms with Crippen molar-refractivity contribution in [3.05, 3.63) is 70.0 Å². The maximum Gasteiger partial charge on any atom is 0.258 e. The van der Waals surface area contributed by atoms with Crippen molar-refractivity contribution in [2.24, 2.45) is 13.0 Å². The molecule has 2 aromatic carbocycles. The summed E-state index contributed by atoms with van der Waals surface area (Å²) in [6.07, 6.45) is 0. The van der Waals surface area contributed by atoms with Gasteiger partial charge in [-0.15, -0.1) is 0 Å². The zero-order valence-corrected chi connectivity index (χ0v) is 18.9. The van der Waals surface area contributed by atoms with Crippen LogP contribution in [0.25, 0.3) is 10.9 Å². The summed E-state index contributed by atoms with van der Waals surface area (Å²) in [5, 5.41) is 0.881. The lowest BCUT2D eigenvalue weighted by Crippen LogP contribution is -2.47. The summed E-state index contributed by atoms with van der Waals surface area (Å²) in [5.41, 5.74) is 1.68. The molecule has 3 heterocycles. The monoisotopic (exact) mass is 438 g/mol. The van der Waals surface area contributed by atoms with E-state index in [0.29, 0.717) is 17.9 Å². The van der Waals surface area contributed by atoms with E-state index in [1.54, 1.807) is 35.9 Å². The number of para-hydroxylation sites is 1. The molecule has 7 heteroatoms. The lowest BCUT2D eigenvalue weighted by molar-refractivity contribution is 0.0266. The van der Waals surface area contributed by atoms with Crippen molar-refractivity contribution in [3.63, 3.8) is 0 Å². The Bertz CT molecular complexity index is 1360. The van der Waals surface area contributed by atoms with Crippen molar-refractivity contribution in [2.75, 3.05) is 13.1 Å². The first kappa shape index (κ1) is 20.3. The third-order valence-electron chi connectivity index (χ3n) is 6.86. The van der Waals surface area contributed by atoms with Crippen molar-refractivity contribution in [1.82, 2.24) is 8.87 Å². The number of aromatic nitrogens is 1. The average molecular weight is 439 g/mol. The predicted molar refractivity (Wildman–Crippen MR) is 120 cm³/mol. The third kappa shape index (κ3) is 2.94. The number of aryl methyl sites for hydroxylation is 2. The van der Waals surface area contributed by atoms with Gasteiger partial charge in [0.25, 0.3) is 5.56 Å². The van der Waals surface area contributed by atoms with Gasteiger partial charge in [0.15, 0.2) is 0 Å². The number of pyridine rings is 1. The summed E-state index contributed by atoms with van der Waals surface area (Å²) < 4.78 is 36.3. The molecule has 0 unspecified atom stereocenters. The molecule has 1 saturated heterocycles. The van der Waals surface area contributed by atoms with Crippen LogP contribution in [0.1, 0.15) is 30.9 Å². The number of hydrogen-bond donors (Lipinski definition) is 0. The molecule has 0 amide bonds. The molecule has 5 rings (SSSR count). The zero-order valence-electron chi connectivity index (χ0n) is 18.1. The van der Waals surface area contributed by atoms with Gasteiger partial charge in [0.2, 0.25) is 10.0 Å². The summed E-state index contributed by atoms with van der Waals surface area (Å²) in [7, 11) is -1.90. The molecule has 2 atom stereocenters. The predicted octanol–water partition coefficient (Wildman–Crippen LogP) is 3.42. The molecule has 1 aromatic heterocycles. The second kappa shape index (κ2) is 6.68. The number of benzene rings is 2. The minimum Gasteiger partial charge on any atom is -0.486 e. The number of ether oxygens (including phenoxy) is 1. The molecule has 0 saturated carbocycles. The second-order valence-electron chi connectivity index (χ2n) is 9.18. The first-order valence-corrected chi connectivity index (χ1v) is 11.9. The van der Waals surface area contributed by atoms with E-state index in [0.717, 1.165) is 16.5 Å². The van der Waals surface area contributed by atoms with Crippen LogP contribution in [0.15, 0.2) is 58.2 Å². The number of fused-ring (bicyclic) bond motifs is 5. The van der Waals surface area contributed by atoms with Crippen molar-refractivity contribution >= 4 is 20.9 Å². The third-order valence-corrected chi connectivity index (χ3v) is 8.71. The Morgan fingerprint density at radius 3 is 2.42 bits per heavy atom. The topological polar surface area (TPSA) is 68.6 Å². The normalized spacial score (nSPS) is 22.7. The summed E-state index contributed by atoms with van der Waals surface area (Å²) in [6, 6.07) is 14.6. The highest BCUT2D eigenvalue weighted by molar-refractivity contribution is 7.89. The molecule has 162 valence electrons. The fourth-order valence-electron chi connectivity index (χ4n) is 5.09. The Morgan fingerprint density at radius 1 is 1.03 bits per heavy atom. The number of hydrogen-bond acceptors (Lipinski definition) is 4. The van der Waals surface area contributed by atoms with Gasteiger partial charge >= 0.3 is 0 Å². The fourth-order valence-corrected chi connectivity index (χ4v) is 6.58. The van der Waals surface area contributed by atoms with Gasteiger partial charge in [-0.1, -0.05) is 29.8 Å². The Hall–Kier alpha value is -2.64. The fraction of sp³-hybridized carbons (Fsp3) is 0.375. The molecule has 2 aliphatic rings. The highest BCUT2D eigenvalue weighted by Crippen LogP contribution is 2.50. The van der Waals surface area contributed by atoms with Crippen molar-refractivity contribution < 1.29 is 13.2 Å². The van der Waals surface area contributed by atoms with Crippen molar-refractivity contribution in [3.8, 4) is 5.75 Å². The first-order valence-electron chi connectivity index (χ1n) is 10.5. The smallest absolute Gasteiger partial charge is 0.258 e. The summed E-state index contributed by atoms with van der Waals surface area (Å²) in [4.78, 5) is 13.6. The van der Waals surface area contributed by atoms with Crippen molar-refractivity contribution in [1.29, 1.82) is 0 Å². The molecule has 0 aliphatic carbocycles. The quantitative estimate of drug-likeness (QED) is 0.615. The summed E-state index contributed by atoms with van der Waals surface area (Å²) >= 11 is 0. The lowest BCUT2D eigenvalue weighted by atomic mass is 9.76. The maximum atomic E-state index is 13.4. The van der Waals surface area contributed by atoms with Gasteiger partial charge in [-0.3, -0.25) is 4.79 Å². The van der Waals surface area contributed by atoms with E-state index in [4.69, 9.17) is 4.74 Å². The number of sulfonamides is 1. The average Bonchev–Trinajstić information content (AvgIpc) is 3.19. The van der Waals surface area contributed by atoms with Crippen LogP contribution < -0.4 is 10.3 Å². The van der Waals surface area contributed by atoms with Crippen LogP contribution in [0.5, 0.6) is 5.75 Å². The zero-order chi connectivity index (χ0) is 22.1. The second-order valence-corrected chi connectivity index (χ2v) is 11.1. The molecule has 0 N–H and O–H groups in total. The highest BCUT2D eigenvalue weighted by Gasteiger charge is 2.53. The molecular formula is C24H26N2O4S. The van der Waals surface area contributed by atoms with Crippen molar-refractivity contribution in [2.45, 2.75) is 37.2 Å². The highest BCUT2D eigenvalue weighted by atomic mass is 32.2. The Balaban J connectivity index is 1.65. The van der Waals surface area contributed by atoms with Gasteiger partial charge in [0.05, 0.1) is 16.0 Å². The van der Waals surface area contributed by atoms with Crippen LogP contribution in [-0.2, 0) is 17.1 Å². The summed E-state index contributed by atoms with van der Waals surface area (Å²) in [5.74, 6) is 0.260. The Kier molecular flexibility index (Phi) is 4.37. The minimum atomic E-state index is -3.66. The van der Waals surface area contributed by atoms with E-state index < -0.39 is 15.6 Å².